The van der Waals surface area contributed by atoms with E-state index in [0.717, 1.165) is 25.9 Å². The number of ether oxygens (including phenoxy) is 2. The average molecular weight is 466 g/mol. The molecule has 176 valence electrons. The highest BCUT2D eigenvalue weighted by atomic mass is 35.5. The Hall–Kier alpha value is -1.87. The molecule has 3 amide bonds. The zero-order valence-corrected chi connectivity index (χ0v) is 19.0. The van der Waals surface area contributed by atoms with Gasteiger partial charge in [-0.05, 0) is 56.4 Å². The van der Waals surface area contributed by atoms with Crippen molar-refractivity contribution >= 4 is 29.2 Å². The normalized spacial score (nSPS) is 28.9. The summed E-state index contributed by atoms with van der Waals surface area (Å²) in [5, 5.41) is 13.8. The molecule has 0 bridgehead atoms. The summed E-state index contributed by atoms with van der Waals surface area (Å²) in [6, 6.07) is 6.36. The highest BCUT2D eigenvalue weighted by Gasteiger charge is 2.40. The molecular formula is C23H32ClN3O5. The average Bonchev–Trinajstić information content (AvgIpc) is 2.79. The van der Waals surface area contributed by atoms with E-state index in [0.29, 0.717) is 30.0 Å². The lowest BCUT2D eigenvalue weighted by molar-refractivity contribution is -0.154. The van der Waals surface area contributed by atoms with Gasteiger partial charge in [0.2, 0.25) is 5.91 Å². The fraction of sp³-hybridized carbons (Fsp3) is 0.652. The number of aliphatic hydroxyl groups is 1. The van der Waals surface area contributed by atoms with Crippen LogP contribution in [0.15, 0.2) is 24.3 Å². The minimum atomic E-state index is -0.773. The van der Waals surface area contributed by atoms with Gasteiger partial charge in [-0.15, -0.1) is 0 Å². The van der Waals surface area contributed by atoms with Crippen molar-refractivity contribution in [2.75, 3.05) is 38.2 Å². The van der Waals surface area contributed by atoms with Gasteiger partial charge in [-0.25, -0.2) is 4.79 Å². The number of nitrogens with zero attached hydrogens (tertiary/aromatic N) is 2. The van der Waals surface area contributed by atoms with E-state index in [4.69, 9.17) is 21.1 Å². The molecule has 3 fully saturated rings. The van der Waals surface area contributed by atoms with Gasteiger partial charge < -0.3 is 29.7 Å². The van der Waals surface area contributed by atoms with Crippen LogP contribution in [0.2, 0.25) is 5.02 Å². The first-order chi connectivity index (χ1) is 15.5. The maximum Gasteiger partial charge on any atom is 0.322 e. The van der Waals surface area contributed by atoms with E-state index in [1.165, 1.54) is 6.42 Å². The predicted molar refractivity (Wildman–Crippen MR) is 121 cm³/mol. The van der Waals surface area contributed by atoms with Crippen molar-refractivity contribution < 1.29 is 24.2 Å². The lowest BCUT2D eigenvalue weighted by Crippen LogP contribution is -2.58. The molecule has 1 aromatic rings. The number of fused-ring (bicyclic) bond motifs is 1. The van der Waals surface area contributed by atoms with Crippen LogP contribution in [0.4, 0.5) is 10.5 Å². The fourth-order valence-electron chi connectivity index (χ4n) is 4.77. The molecular weight excluding hydrogens is 434 g/mol. The Labute approximate surface area is 193 Å². The van der Waals surface area contributed by atoms with Gasteiger partial charge in [0.05, 0.1) is 44.4 Å². The number of carbonyl (C=O) groups is 2. The molecule has 3 aliphatic heterocycles. The number of urea groups is 1. The summed E-state index contributed by atoms with van der Waals surface area (Å²) in [7, 11) is 0. The Morgan fingerprint density at radius 3 is 2.59 bits per heavy atom. The summed E-state index contributed by atoms with van der Waals surface area (Å²) in [5.41, 5.74) is 0.630. The van der Waals surface area contributed by atoms with Crippen LogP contribution in [0.5, 0.6) is 0 Å². The van der Waals surface area contributed by atoms with Crippen LogP contribution in [-0.4, -0.2) is 84.0 Å². The molecule has 0 aromatic heterocycles. The first-order valence-corrected chi connectivity index (χ1v) is 11.9. The maximum absolute atomic E-state index is 13.1. The molecule has 32 heavy (non-hydrogen) atoms. The first-order valence-electron chi connectivity index (χ1n) is 11.5. The molecule has 2 N–H and O–H groups in total. The number of benzene rings is 1. The number of halogens is 1. The quantitative estimate of drug-likeness (QED) is 0.716. The zero-order valence-electron chi connectivity index (χ0n) is 18.2. The van der Waals surface area contributed by atoms with E-state index in [1.54, 1.807) is 29.2 Å². The van der Waals surface area contributed by atoms with Crippen molar-refractivity contribution in [1.29, 1.82) is 0 Å². The van der Waals surface area contributed by atoms with E-state index in [1.807, 2.05) is 4.90 Å². The Balaban J connectivity index is 1.40. The predicted octanol–water partition coefficient (Wildman–Crippen LogP) is 2.88. The second kappa shape index (κ2) is 10.8. The van der Waals surface area contributed by atoms with Crippen molar-refractivity contribution in [2.45, 2.75) is 62.9 Å². The monoisotopic (exact) mass is 465 g/mol. The van der Waals surface area contributed by atoms with Crippen LogP contribution in [0, 0.1) is 0 Å². The molecule has 0 aliphatic carbocycles. The smallest absolute Gasteiger partial charge is 0.322 e. The number of anilines is 1. The van der Waals surface area contributed by atoms with Crippen molar-refractivity contribution in [2.24, 2.45) is 0 Å². The molecule has 8 nitrogen and oxygen atoms in total. The van der Waals surface area contributed by atoms with Crippen LogP contribution in [0.25, 0.3) is 0 Å². The van der Waals surface area contributed by atoms with E-state index in [-0.39, 0.29) is 49.9 Å². The summed E-state index contributed by atoms with van der Waals surface area (Å²) < 4.78 is 11.9. The fourth-order valence-corrected chi connectivity index (χ4v) is 4.90. The Morgan fingerprint density at radius 1 is 1.09 bits per heavy atom. The molecule has 3 aliphatic rings. The largest absolute Gasteiger partial charge is 0.389 e. The Kier molecular flexibility index (Phi) is 7.88. The van der Waals surface area contributed by atoms with E-state index in [9.17, 15) is 14.7 Å². The molecule has 0 saturated carbocycles. The number of aliphatic hydroxyl groups excluding tert-OH is 1. The van der Waals surface area contributed by atoms with Crippen LogP contribution >= 0.6 is 11.6 Å². The second-order valence-corrected chi connectivity index (χ2v) is 9.30. The Bertz CT molecular complexity index is 786. The second-order valence-electron chi connectivity index (χ2n) is 8.87. The van der Waals surface area contributed by atoms with Gasteiger partial charge in [0.15, 0.2) is 0 Å². The number of nitrogens with one attached hydrogen (secondary N) is 1. The summed E-state index contributed by atoms with van der Waals surface area (Å²) >= 11 is 5.93. The number of carbonyl (C=O) groups excluding carboxylic acids is 2. The number of amides is 3. The van der Waals surface area contributed by atoms with Crippen molar-refractivity contribution in [1.82, 2.24) is 9.80 Å². The number of β-amino-alcohol motifs (C(OH)–C–C–N with tert-alkyl or cyclic N) is 1. The van der Waals surface area contributed by atoms with Crippen molar-refractivity contribution in [3.05, 3.63) is 29.3 Å². The lowest BCUT2D eigenvalue weighted by atomic mass is 9.94. The van der Waals surface area contributed by atoms with Gasteiger partial charge in [0.25, 0.3) is 0 Å². The van der Waals surface area contributed by atoms with Gasteiger partial charge in [0, 0.05) is 23.8 Å². The molecule has 1 aromatic carbocycles. The molecule has 0 spiro atoms. The SMILES string of the molecule is O=C(C[C@H]1CC[C@H]2[C@@H](COC[C@@H](O)CN2C(=O)Nc2ccc(Cl)cc2)O1)N1CCCCC1. The van der Waals surface area contributed by atoms with Crippen LogP contribution in [0.3, 0.4) is 0 Å². The number of hydrogen-bond acceptors (Lipinski definition) is 5. The number of likely N-dealkylation sites (tertiary alicyclic amines) is 1. The van der Waals surface area contributed by atoms with Gasteiger partial charge in [-0.1, -0.05) is 11.6 Å². The van der Waals surface area contributed by atoms with Gasteiger partial charge in [-0.2, -0.15) is 0 Å². The number of rotatable bonds is 3. The topological polar surface area (TPSA) is 91.3 Å². The van der Waals surface area contributed by atoms with Crippen molar-refractivity contribution in [3.8, 4) is 0 Å². The van der Waals surface area contributed by atoms with Gasteiger partial charge >= 0.3 is 6.03 Å². The lowest BCUT2D eigenvalue weighted by Gasteiger charge is -2.44. The highest BCUT2D eigenvalue weighted by molar-refractivity contribution is 6.30. The zero-order chi connectivity index (χ0) is 22.5. The van der Waals surface area contributed by atoms with Crippen LogP contribution in [0.1, 0.15) is 38.5 Å². The third-order valence-electron chi connectivity index (χ3n) is 6.45. The van der Waals surface area contributed by atoms with E-state index in [2.05, 4.69) is 5.32 Å². The minimum Gasteiger partial charge on any atom is -0.389 e. The number of hydrogen-bond donors (Lipinski definition) is 2. The minimum absolute atomic E-state index is 0.134. The standard InChI is InChI=1S/C23H32ClN3O5/c24-16-4-6-17(7-5-16)25-23(30)27-13-18(28)14-31-15-21-20(27)9-8-19(32-21)12-22(29)26-10-2-1-3-11-26/h4-7,18-21,28H,1-3,8-15H2,(H,25,30)/t18-,19+,20-,21+/m0/s1. The maximum atomic E-state index is 13.1. The Morgan fingerprint density at radius 2 is 1.84 bits per heavy atom. The molecule has 3 heterocycles. The molecule has 0 radical (unpaired) electrons. The molecule has 3 saturated heterocycles. The first kappa shape index (κ1) is 23.3. The number of piperidine rings is 1. The molecule has 4 atom stereocenters. The van der Waals surface area contributed by atoms with Gasteiger partial charge in [0.1, 0.15) is 6.10 Å². The van der Waals surface area contributed by atoms with E-state index >= 15 is 0 Å². The summed E-state index contributed by atoms with van der Waals surface area (Å²) in [5.74, 6) is 0.146. The highest BCUT2D eigenvalue weighted by Crippen LogP contribution is 2.29. The summed E-state index contributed by atoms with van der Waals surface area (Å²) in [4.78, 5) is 29.4. The van der Waals surface area contributed by atoms with Crippen LogP contribution in [-0.2, 0) is 14.3 Å². The van der Waals surface area contributed by atoms with E-state index < -0.39 is 6.10 Å². The summed E-state index contributed by atoms with van der Waals surface area (Å²) in [6.45, 7) is 2.23. The molecule has 9 heteroatoms. The van der Waals surface area contributed by atoms with Gasteiger partial charge in [-0.3, -0.25) is 4.79 Å². The summed E-state index contributed by atoms with van der Waals surface area (Å²) in [6.07, 6.45) is 3.75. The molecule has 4 rings (SSSR count). The molecule has 0 unspecified atom stereocenters. The van der Waals surface area contributed by atoms with Crippen LogP contribution < -0.4 is 5.32 Å². The third kappa shape index (κ3) is 5.92. The van der Waals surface area contributed by atoms with Crippen molar-refractivity contribution in [3.63, 3.8) is 0 Å². The third-order valence-corrected chi connectivity index (χ3v) is 6.70.